The molecule has 0 radical (unpaired) electrons. The van der Waals surface area contributed by atoms with Crippen molar-refractivity contribution in [1.82, 2.24) is 9.97 Å². The van der Waals surface area contributed by atoms with Gasteiger partial charge >= 0.3 is 5.97 Å². The molecule has 33 heavy (non-hydrogen) atoms. The largest absolute Gasteiger partial charge is 0.484 e. The van der Waals surface area contributed by atoms with Crippen LogP contribution in [0, 0.1) is 17.7 Å². The third kappa shape index (κ3) is 5.14. The molecular weight excluding hydrogens is 423 g/mol. The Bertz CT molecular complexity index is 1360. The van der Waals surface area contributed by atoms with Crippen LogP contribution in [-0.2, 0) is 13.0 Å². The normalized spacial score (nSPS) is 10.5. The van der Waals surface area contributed by atoms with E-state index in [-0.39, 0.29) is 29.6 Å². The Hall–Kier alpha value is -4.28. The molecule has 0 spiro atoms. The van der Waals surface area contributed by atoms with E-state index >= 15 is 0 Å². The first-order valence-electron chi connectivity index (χ1n) is 10.1. The van der Waals surface area contributed by atoms with Crippen LogP contribution in [0.5, 0.6) is 5.75 Å². The van der Waals surface area contributed by atoms with Crippen molar-refractivity contribution in [1.29, 1.82) is 0 Å². The molecule has 0 saturated carbocycles. The van der Waals surface area contributed by atoms with Crippen molar-refractivity contribution in [3.63, 3.8) is 0 Å². The molecule has 6 nitrogen and oxygen atoms in total. The van der Waals surface area contributed by atoms with Crippen LogP contribution in [0.4, 0.5) is 4.39 Å². The lowest BCUT2D eigenvalue weighted by Gasteiger charge is -2.13. The van der Waals surface area contributed by atoms with Crippen LogP contribution in [0.1, 0.15) is 32.9 Å². The van der Waals surface area contributed by atoms with Crippen LogP contribution < -0.4 is 4.74 Å². The van der Waals surface area contributed by atoms with Crippen LogP contribution >= 0.6 is 0 Å². The smallest absolute Gasteiger partial charge is 0.358 e. The van der Waals surface area contributed by atoms with Crippen LogP contribution in [0.2, 0.25) is 0 Å². The van der Waals surface area contributed by atoms with E-state index < -0.39 is 12.6 Å². The van der Waals surface area contributed by atoms with Crippen molar-refractivity contribution in [3.05, 3.63) is 101 Å². The number of carboxylic acids is 1. The van der Waals surface area contributed by atoms with Crippen molar-refractivity contribution in [3.8, 4) is 17.6 Å². The van der Waals surface area contributed by atoms with Gasteiger partial charge in [0, 0.05) is 11.6 Å². The zero-order valence-corrected chi connectivity index (χ0v) is 17.5. The fourth-order valence-electron chi connectivity index (χ4n) is 3.37. The van der Waals surface area contributed by atoms with Crippen molar-refractivity contribution in [2.75, 3.05) is 6.61 Å². The highest BCUT2D eigenvalue weighted by atomic mass is 19.1. The van der Waals surface area contributed by atoms with E-state index in [4.69, 9.17) is 9.84 Å². The van der Waals surface area contributed by atoms with E-state index in [1.54, 1.807) is 24.4 Å². The fraction of sp³-hybridized carbons (Fsp3) is 0.115. The Morgan fingerprint density at radius 3 is 2.48 bits per heavy atom. The Morgan fingerprint density at radius 2 is 1.79 bits per heavy atom. The highest BCUT2D eigenvalue weighted by Gasteiger charge is 2.21. The molecule has 4 rings (SSSR count). The van der Waals surface area contributed by atoms with Gasteiger partial charge < -0.3 is 14.9 Å². The predicted octanol–water partition coefficient (Wildman–Crippen LogP) is 3.98. The molecule has 2 aromatic carbocycles. The van der Waals surface area contributed by atoms with Crippen molar-refractivity contribution >= 4 is 16.9 Å². The Kier molecular flexibility index (Phi) is 6.58. The average Bonchev–Trinajstić information content (AvgIpc) is 2.83. The Labute approximate surface area is 189 Å². The lowest BCUT2D eigenvalue weighted by Crippen LogP contribution is -2.09. The quantitative estimate of drug-likeness (QED) is 0.439. The van der Waals surface area contributed by atoms with E-state index in [1.165, 1.54) is 12.1 Å². The zero-order chi connectivity index (χ0) is 23.2. The molecule has 0 bridgehead atoms. The molecule has 0 amide bonds. The van der Waals surface area contributed by atoms with Crippen LogP contribution in [0.25, 0.3) is 10.9 Å². The van der Waals surface area contributed by atoms with Gasteiger partial charge in [-0.3, -0.25) is 4.98 Å². The first kappa shape index (κ1) is 21.9. The number of pyridine rings is 2. The highest BCUT2D eigenvalue weighted by Crippen LogP contribution is 2.31. The third-order valence-corrected chi connectivity index (χ3v) is 4.89. The van der Waals surface area contributed by atoms with E-state index in [0.717, 1.165) is 16.7 Å². The summed E-state index contributed by atoms with van der Waals surface area (Å²) in [6.45, 7) is -0.265. The highest BCUT2D eigenvalue weighted by molar-refractivity contribution is 5.99. The zero-order valence-electron chi connectivity index (χ0n) is 17.5. The molecule has 2 N–H and O–H groups in total. The van der Waals surface area contributed by atoms with Crippen LogP contribution in [-0.4, -0.2) is 32.8 Å². The molecule has 0 atom stereocenters. The molecule has 7 heteroatoms. The summed E-state index contributed by atoms with van der Waals surface area (Å²) < 4.78 is 19.1. The average molecular weight is 442 g/mol. The number of carboxylic acid groups (broad SMARTS) is 1. The summed E-state index contributed by atoms with van der Waals surface area (Å²) in [4.78, 5) is 20.6. The van der Waals surface area contributed by atoms with E-state index in [2.05, 4.69) is 21.8 Å². The fourth-order valence-corrected chi connectivity index (χ4v) is 3.37. The summed E-state index contributed by atoms with van der Waals surface area (Å²) in [5.74, 6) is 3.68. The summed E-state index contributed by atoms with van der Waals surface area (Å²) in [5, 5.41) is 19.4. The van der Waals surface area contributed by atoms with Gasteiger partial charge in [-0.2, -0.15) is 0 Å². The standard InChI is InChI=1S/C26H19FN2O4/c27-20-10-8-17(9-11-20)13-19-14-21-22(7-4-12-30)29-24(26(31)32)25(23(21)28-15-19)33-16-18-5-2-1-3-6-18/h1-3,5-6,8-11,14-15,30H,12-13,16H2,(H,31,32). The van der Waals surface area contributed by atoms with E-state index in [0.29, 0.717) is 17.3 Å². The molecule has 0 fully saturated rings. The molecule has 2 heterocycles. The number of ether oxygens (including phenoxy) is 1. The van der Waals surface area contributed by atoms with Gasteiger partial charge in [0.25, 0.3) is 0 Å². The Morgan fingerprint density at radius 1 is 1.03 bits per heavy atom. The maximum absolute atomic E-state index is 13.2. The number of hydrogen-bond donors (Lipinski definition) is 2. The molecule has 0 aliphatic heterocycles. The monoisotopic (exact) mass is 442 g/mol. The SMILES string of the molecule is O=C(O)c1nc(C#CCO)c2cc(Cc3ccc(F)cc3)cnc2c1OCc1ccccc1. The number of carbonyl (C=O) groups is 1. The molecular formula is C26H19FN2O4. The molecule has 0 aliphatic rings. The van der Waals surface area contributed by atoms with Gasteiger partial charge in [0.05, 0.1) is 0 Å². The number of aliphatic hydroxyl groups is 1. The molecule has 164 valence electrons. The molecule has 4 aromatic rings. The number of rotatable bonds is 6. The minimum Gasteiger partial charge on any atom is -0.484 e. The van der Waals surface area contributed by atoms with E-state index in [1.807, 2.05) is 30.3 Å². The predicted molar refractivity (Wildman–Crippen MR) is 120 cm³/mol. The second-order valence-electron chi connectivity index (χ2n) is 7.22. The minimum atomic E-state index is -1.27. The first-order valence-corrected chi connectivity index (χ1v) is 10.1. The number of aromatic carboxylic acids is 1. The second-order valence-corrected chi connectivity index (χ2v) is 7.22. The van der Waals surface area contributed by atoms with Crippen molar-refractivity contribution in [2.24, 2.45) is 0 Å². The van der Waals surface area contributed by atoms with Gasteiger partial charge in [-0.25, -0.2) is 14.2 Å². The summed E-state index contributed by atoms with van der Waals surface area (Å²) in [6, 6.07) is 17.3. The topological polar surface area (TPSA) is 92.5 Å². The third-order valence-electron chi connectivity index (χ3n) is 4.89. The Balaban J connectivity index is 1.81. The lowest BCUT2D eigenvalue weighted by molar-refractivity contribution is 0.0685. The van der Waals surface area contributed by atoms with Gasteiger partial charge in [-0.1, -0.05) is 48.4 Å². The minimum absolute atomic E-state index is 0.0456. The molecule has 0 unspecified atom stereocenters. The number of halogens is 1. The van der Waals surface area contributed by atoms with Crippen LogP contribution in [0.15, 0.2) is 66.9 Å². The number of nitrogens with zero attached hydrogens (tertiary/aromatic N) is 2. The first-order chi connectivity index (χ1) is 16.0. The van der Waals surface area contributed by atoms with Gasteiger partial charge in [0.2, 0.25) is 0 Å². The maximum atomic E-state index is 13.2. The lowest BCUT2D eigenvalue weighted by atomic mass is 10.0. The number of fused-ring (bicyclic) bond motifs is 1. The number of benzene rings is 2. The number of aromatic nitrogens is 2. The van der Waals surface area contributed by atoms with Crippen LogP contribution in [0.3, 0.4) is 0 Å². The molecule has 0 saturated heterocycles. The summed E-state index contributed by atoms with van der Waals surface area (Å²) in [5.41, 5.74) is 2.73. The molecule has 0 aliphatic carbocycles. The summed E-state index contributed by atoms with van der Waals surface area (Å²) in [6.07, 6.45) is 2.10. The molecule has 2 aromatic heterocycles. The summed E-state index contributed by atoms with van der Waals surface area (Å²) >= 11 is 0. The van der Waals surface area contributed by atoms with Crippen molar-refractivity contribution in [2.45, 2.75) is 13.0 Å². The van der Waals surface area contributed by atoms with Gasteiger partial charge in [-0.15, -0.1) is 0 Å². The van der Waals surface area contributed by atoms with Gasteiger partial charge in [-0.05, 0) is 47.2 Å². The van der Waals surface area contributed by atoms with Crippen molar-refractivity contribution < 1.29 is 24.1 Å². The number of aliphatic hydroxyl groups excluding tert-OH is 1. The van der Waals surface area contributed by atoms with E-state index in [9.17, 15) is 14.3 Å². The number of hydrogen-bond acceptors (Lipinski definition) is 5. The van der Waals surface area contributed by atoms with Gasteiger partial charge in [0.1, 0.15) is 30.2 Å². The maximum Gasteiger partial charge on any atom is 0.358 e. The summed E-state index contributed by atoms with van der Waals surface area (Å²) in [7, 11) is 0. The van der Waals surface area contributed by atoms with Gasteiger partial charge in [0.15, 0.2) is 11.4 Å². The second kappa shape index (κ2) is 9.90.